The van der Waals surface area contributed by atoms with Gasteiger partial charge in [-0.05, 0) is 105 Å². The van der Waals surface area contributed by atoms with Gasteiger partial charge >= 0.3 is 0 Å². The van der Waals surface area contributed by atoms with Crippen LogP contribution in [-0.4, -0.2) is 41.7 Å². The number of nitrogens with zero attached hydrogens (tertiary/aromatic N) is 2. The van der Waals surface area contributed by atoms with Crippen LogP contribution in [0.1, 0.15) is 68.6 Å². The second-order valence-corrected chi connectivity index (χ2v) is 13.3. The third-order valence-electron chi connectivity index (χ3n) is 8.22. The molecule has 8 heteroatoms. The Hall–Kier alpha value is -2.78. The number of hydrogen-bond acceptors (Lipinski definition) is 7. The molecule has 0 amide bonds. The van der Waals surface area contributed by atoms with E-state index >= 15 is 0 Å². The zero-order chi connectivity index (χ0) is 29.2. The number of anilines is 1. The minimum absolute atomic E-state index is 0.263. The number of hydrogen-bond donors (Lipinski definition) is 1. The lowest BCUT2D eigenvalue weighted by Crippen LogP contribution is -2.38. The SMILES string of the molecule is COc1ccc(CN(Cc2ccc(OC)cc2)c2ncccc2C(CCC(C)(C)[S+](N)[O-])CC2CCOCC2)cc1. The summed E-state index contributed by atoms with van der Waals surface area (Å²) in [7, 11) is 3.37. The average Bonchev–Trinajstić information content (AvgIpc) is 3.00. The van der Waals surface area contributed by atoms with E-state index in [1.165, 1.54) is 16.7 Å². The summed E-state index contributed by atoms with van der Waals surface area (Å²) in [5, 5.41) is 5.89. The van der Waals surface area contributed by atoms with Crippen LogP contribution in [0.15, 0.2) is 66.9 Å². The minimum Gasteiger partial charge on any atom is -0.598 e. The highest BCUT2D eigenvalue weighted by Crippen LogP contribution is 2.39. The number of pyridine rings is 1. The Morgan fingerprint density at radius 2 is 1.54 bits per heavy atom. The fourth-order valence-electron chi connectivity index (χ4n) is 5.51. The molecule has 1 aliphatic rings. The smallest absolute Gasteiger partial charge is 0.139 e. The molecule has 1 aliphatic heterocycles. The van der Waals surface area contributed by atoms with Gasteiger partial charge < -0.3 is 23.7 Å². The van der Waals surface area contributed by atoms with Gasteiger partial charge in [0.1, 0.15) is 22.1 Å². The molecule has 0 saturated carbocycles. The second-order valence-electron chi connectivity index (χ2n) is 11.6. The first-order valence-corrected chi connectivity index (χ1v) is 15.7. The Bertz CT molecular complexity index is 1150. The molecule has 2 unspecified atom stereocenters. The number of nitrogens with two attached hydrogens (primary N) is 1. The van der Waals surface area contributed by atoms with Crippen molar-refractivity contribution in [2.24, 2.45) is 11.1 Å². The zero-order valence-corrected chi connectivity index (χ0v) is 25.7. The Morgan fingerprint density at radius 1 is 0.976 bits per heavy atom. The van der Waals surface area contributed by atoms with Crippen LogP contribution >= 0.6 is 0 Å². The van der Waals surface area contributed by atoms with E-state index < -0.39 is 16.1 Å². The van der Waals surface area contributed by atoms with Crippen molar-refractivity contribution in [2.45, 2.75) is 69.7 Å². The summed E-state index contributed by atoms with van der Waals surface area (Å²) >= 11 is -1.39. The predicted molar refractivity (Wildman–Crippen MR) is 167 cm³/mol. The van der Waals surface area contributed by atoms with Gasteiger partial charge in [0.25, 0.3) is 0 Å². The molecule has 0 radical (unpaired) electrons. The molecule has 41 heavy (non-hydrogen) atoms. The van der Waals surface area contributed by atoms with Gasteiger partial charge in [-0.2, -0.15) is 5.14 Å². The number of aromatic nitrogens is 1. The van der Waals surface area contributed by atoms with Crippen molar-refractivity contribution < 1.29 is 18.8 Å². The molecule has 1 aromatic heterocycles. The maximum absolute atomic E-state index is 12.3. The third-order valence-corrected chi connectivity index (χ3v) is 9.51. The fourth-order valence-corrected chi connectivity index (χ4v) is 5.83. The van der Waals surface area contributed by atoms with E-state index in [9.17, 15) is 4.55 Å². The molecule has 2 N–H and O–H groups in total. The van der Waals surface area contributed by atoms with Gasteiger partial charge in [-0.3, -0.25) is 0 Å². The van der Waals surface area contributed by atoms with Crippen molar-refractivity contribution in [2.75, 3.05) is 32.3 Å². The number of rotatable bonds is 14. The van der Waals surface area contributed by atoms with Gasteiger partial charge in [0.05, 0.1) is 14.2 Å². The monoisotopic (exact) mass is 579 g/mol. The summed E-state index contributed by atoms with van der Waals surface area (Å²) in [6, 6.07) is 20.7. The summed E-state index contributed by atoms with van der Waals surface area (Å²) in [5.41, 5.74) is 3.59. The van der Waals surface area contributed by atoms with Gasteiger partial charge in [0, 0.05) is 43.9 Å². The van der Waals surface area contributed by atoms with Gasteiger partial charge in [-0.15, -0.1) is 0 Å². The molecule has 4 rings (SSSR count). The third kappa shape index (κ3) is 8.85. The quantitative estimate of drug-likeness (QED) is 0.221. The molecule has 1 fully saturated rings. The van der Waals surface area contributed by atoms with Gasteiger partial charge in [0.15, 0.2) is 0 Å². The Morgan fingerprint density at radius 3 is 2.05 bits per heavy atom. The van der Waals surface area contributed by atoms with Crippen LogP contribution in [0, 0.1) is 5.92 Å². The maximum atomic E-state index is 12.3. The van der Waals surface area contributed by atoms with Crippen LogP contribution in [0.25, 0.3) is 0 Å². The molecule has 3 aromatic rings. The number of benzene rings is 2. The minimum atomic E-state index is -1.39. The van der Waals surface area contributed by atoms with Crippen LogP contribution in [0.3, 0.4) is 0 Å². The molecular weight excluding hydrogens is 534 g/mol. The standard InChI is InChI=1S/C33H45N3O4S/c1-33(2,41(34)37)18-15-28(22-25-16-20-40-21-17-25)31-6-5-19-35-32(31)36(23-26-7-11-29(38-3)12-8-26)24-27-9-13-30(39-4)14-10-27/h5-14,19,25,28H,15-18,20-24,34H2,1-4H3. The second kappa shape index (κ2) is 14.9. The Balaban J connectivity index is 1.69. The lowest BCUT2D eigenvalue weighted by Gasteiger charge is -2.33. The average molecular weight is 580 g/mol. The highest BCUT2D eigenvalue weighted by molar-refractivity contribution is 7.90. The van der Waals surface area contributed by atoms with Crippen molar-refractivity contribution in [3.8, 4) is 11.5 Å². The van der Waals surface area contributed by atoms with Gasteiger partial charge in [-0.1, -0.05) is 30.3 Å². The highest BCUT2D eigenvalue weighted by Gasteiger charge is 2.33. The predicted octanol–water partition coefficient (Wildman–Crippen LogP) is 6.39. The molecular formula is C33H45N3O4S. The first kappa shape index (κ1) is 31.2. The topological polar surface area (TPSA) is 92.9 Å². The normalized spacial score (nSPS) is 15.8. The van der Waals surface area contributed by atoms with Crippen molar-refractivity contribution >= 4 is 17.2 Å². The van der Waals surface area contributed by atoms with E-state index in [4.69, 9.17) is 24.3 Å². The van der Waals surface area contributed by atoms with Crippen LogP contribution < -0.4 is 19.5 Å². The first-order chi connectivity index (χ1) is 19.8. The molecule has 222 valence electrons. The van der Waals surface area contributed by atoms with Crippen molar-refractivity contribution in [1.82, 2.24) is 4.98 Å². The van der Waals surface area contributed by atoms with Gasteiger partial charge in [-0.25, -0.2) is 4.98 Å². The Labute approximate surface area is 248 Å². The summed E-state index contributed by atoms with van der Waals surface area (Å²) in [6.07, 6.45) is 6.74. The Kier molecular flexibility index (Phi) is 11.3. The molecule has 2 atom stereocenters. The molecule has 1 saturated heterocycles. The van der Waals surface area contributed by atoms with E-state index in [1.54, 1.807) is 14.2 Å². The van der Waals surface area contributed by atoms with Crippen molar-refractivity contribution in [3.63, 3.8) is 0 Å². The molecule has 2 aromatic carbocycles. The molecule has 2 heterocycles. The van der Waals surface area contributed by atoms with E-state index in [1.807, 2.05) is 50.4 Å². The number of methoxy groups -OCH3 is 2. The fraction of sp³-hybridized carbons (Fsp3) is 0.485. The summed E-state index contributed by atoms with van der Waals surface area (Å²) in [6.45, 7) is 7.02. The van der Waals surface area contributed by atoms with Crippen LogP contribution in [0.2, 0.25) is 0 Å². The van der Waals surface area contributed by atoms with Crippen LogP contribution in [0.4, 0.5) is 5.82 Å². The van der Waals surface area contributed by atoms with E-state index in [0.717, 1.165) is 62.6 Å². The molecule has 0 aliphatic carbocycles. The van der Waals surface area contributed by atoms with Gasteiger partial charge in [0.2, 0.25) is 0 Å². The zero-order valence-electron chi connectivity index (χ0n) is 24.9. The van der Waals surface area contributed by atoms with E-state index in [-0.39, 0.29) is 5.92 Å². The van der Waals surface area contributed by atoms with Crippen molar-refractivity contribution in [1.29, 1.82) is 0 Å². The van der Waals surface area contributed by atoms with E-state index in [0.29, 0.717) is 19.0 Å². The summed E-state index contributed by atoms with van der Waals surface area (Å²) in [4.78, 5) is 7.36. The highest BCUT2D eigenvalue weighted by atomic mass is 32.2. The largest absolute Gasteiger partial charge is 0.598 e. The first-order valence-electron chi connectivity index (χ1n) is 14.5. The van der Waals surface area contributed by atoms with Crippen LogP contribution in [-0.2, 0) is 29.2 Å². The summed E-state index contributed by atoms with van der Waals surface area (Å²) in [5.74, 6) is 3.52. The lowest BCUT2D eigenvalue weighted by atomic mass is 9.81. The summed E-state index contributed by atoms with van der Waals surface area (Å²) < 4.78 is 28.3. The molecule has 0 bridgehead atoms. The lowest BCUT2D eigenvalue weighted by molar-refractivity contribution is 0.0612. The molecule has 7 nitrogen and oxygen atoms in total. The number of ether oxygens (including phenoxy) is 3. The molecule has 0 spiro atoms. The maximum Gasteiger partial charge on any atom is 0.139 e. The van der Waals surface area contributed by atoms with Crippen molar-refractivity contribution in [3.05, 3.63) is 83.6 Å². The van der Waals surface area contributed by atoms with Crippen LogP contribution in [0.5, 0.6) is 11.5 Å². The van der Waals surface area contributed by atoms with E-state index in [2.05, 4.69) is 35.2 Å².